The first-order valence-electron chi connectivity index (χ1n) is 9.24. The first-order chi connectivity index (χ1) is 12.1. The normalized spacial score (nSPS) is 18.4. The average Bonchev–Trinajstić information content (AvgIpc) is 2.59. The highest BCUT2D eigenvalue weighted by molar-refractivity contribution is 5.47. The minimum absolute atomic E-state index is 0.108. The van der Waals surface area contributed by atoms with Gasteiger partial charge in [-0.15, -0.1) is 0 Å². The van der Waals surface area contributed by atoms with E-state index in [1.807, 2.05) is 25.1 Å². The molecule has 3 rings (SSSR count). The van der Waals surface area contributed by atoms with Gasteiger partial charge in [-0.3, -0.25) is 0 Å². The van der Waals surface area contributed by atoms with Gasteiger partial charge >= 0.3 is 0 Å². The molecule has 0 fully saturated rings. The molecule has 1 aliphatic rings. The Labute approximate surface area is 156 Å². The quantitative estimate of drug-likeness (QED) is 0.701. The highest BCUT2D eigenvalue weighted by Gasteiger charge is 2.37. The second kappa shape index (κ2) is 6.49. The highest BCUT2D eigenvalue weighted by atomic mass is 16.3. The van der Waals surface area contributed by atoms with Crippen LogP contribution in [0.25, 0.3) is 0 Å². The molecule has 0 heterocycles. The van der Waals surface area contributed by atoms with Gasteiger partial charge in [0.2, 0.25) is 0 Å². The second-order valence-corrected chi connectivity index (χ2v) is 8.75. The Bertz CT molecular complexity index is 894. The molecule has 0 aromatic heterocycles. The van der Waals surface area contributed by atoms with Crippen LogP contribution in [0.4, 0.5) is 0 Å². The Balaban J connectivity index is 1.93. The molecule has 0 amide bonds. The van der Waals surface area contributed by atoms with E-state index >= 15 is 0 Å². The van der Waals surface area contributed by atoms with Crippen LogP contribution in [-0.4, -0.2) is 10.2 Å². The molecule has 0 aliphatic heterocycles. The molecule has 136 valence electrons. The van der Waals surface area contributed by atoms with E-state index in [1.54, 1.807) is 6.07 Å². The van der Waals surface area contributed by atoms with Crippen LogP contribution >= 0.6 is 0 Å². The summed E-state index contributed by atoms with van der Waals surface area (Å²) < 4.78 is 0. The number of phenols is 1. The summed E-state index contributed by atoms with van der Waals surface area (Å²) in [5.41, 5.74) is 5.32. The lowest BCUT2D eigenvalue weighted by molar-refractivity contribution is 0.237. The monoisotopic (exact) mass is 348 g/mol. The number of aryl methyl sites for hydroxylation is 1. The van der Waals surface area contributed by atoms with Gasteiger partial charge < -0.3 is 10.2 Å². The molecule has 0 bridgehead atoms. The molecular weight excluding hydrogens is 320 g/mol. The predicted molar refractivity (Wildman–Crippen MR) is 106 cm³/mol. The molecule has 2 N–H and O–H groups in total. The number of phenolic OH excluding ortho intramolecular Hbond substituents is 1. The molecule has 2 aromatic rings. The van der Waals surface area contributed by atoms with Crippen molar-refractivity contribution in [3.63, 3.8) is 0 Å². The fourth-order valence-corrected chi connectivity index (χ4v) is 3.70. The zero-order valence-corrected chi connectivity index (χ0v) is 16.4. The smallest absolute Gasteiger partial charge is 0.140 e. The van der Waals surface area contributed by atoms with Crippen LogP contribution in [0.1, 0.15) is 74.5 Å². The fourth-order valence-electron chi connectivity index (χ4n) is 3.70. The number of aliphatic hydroxyl groups excluding tert-OH is 1. The van der Waals surface area contributed by atoms with Gasteiger partial charge in [-0.05, 0) is 65.0 Å². The lowest BCUT2D eigenvalue weighted by Gasteiger charge is -2.42. The zero-order valence-electron chi connectivity index (χ0n) is 16.4. The van der Waals surface area contributed by atoms with Gasteiger partial charge in [0.15, 0.2) is 0 Å². The molecule has 2 heteroatoms. The number of aliphatic hydroxyl groups is 1. The maximum Gasteiger partial charge on any atom is 0.140 e. The Morgan fingerprint density at radius 2 is 1.58 bits per heavy atom. The van der Waals surface area contributed by atoms with Crippen LogP contribution < -0.4 is 0 Å². The Kier molecular flexibility index (Phi) is 4.63. The maximum absolute atomic E-state index is 10.6. The molecular formula is C24H28O2. The minimum atomic E-state index is -0.843. The molecule has 0 radical (unpaired) electrons. The van der Waals surface area contributed by atoms with Gasteiger partial charge in [-0.2, -0.15) is 0 Å². The summed E-state index contributed by atoms with van der Waals surface area (Å²) in [4.78, 5) is 0. The Morgan fingerprint density at radius 1 is 0.923 bits per heavy atom. The minimum Gasteiger partial charge on any atom is -0.508 e. The number of hydrogen-bond donors (Lipinski definition) is 2. The average molecular weight is 348 g/mol. The number of aromatic hydroxyl groups is 1. The van der Waals surface area contributed by atoms with Gasteiger partial charge in [0.1, 0.15) is 11.9 Å². The van der Waals surface area contributed by atoms with E-state index in [9.17, 15) is 10.2 Å². The molecule has 26 heavy (non-hydrogen) atoms. The van der Waals surface area contributed by atoms with Crippen molar-refractivity contribution in [3.05, 3.63) is 64.2 Å². The van der Waals surface area contributed by atoms with Crippen LogP contribution in [0.5, 0.6) is 5.75 Å². The third-order valence-corrected chi connectivity index (χ3v) is 5.75. The van der Waals surface area contributed by atoms with Crippen molar-refractivity contribution in [1.82, 2.24) is 0 Å². The van der Waals surface area contributed by atoms with Crippen molar-refractivity contribution in [2.75, 3.05) is 0 Å². The standard InChI is InChI=1S/C24H28O2/c1-16-6-7-17(14-22(16)26)8-11-21(25)18-9-10-19-20(15-18)24(4,5)13-12-23(19,2)3/h6-7,9-10,14-15,21,25-26H,12-13H2,1-5H3/t21-/m1/s1. The van der Waals surface area contributed by atoms with E-state index in [-0.39, 0.29) is 16.6 Å². The van der Waals surface area contributed by atoms with Crippen molar-refractivity contribution in [2.24, 2.45) is 0 Å². The Morgan fingerprint density at radius 3 is 2.23 bits per heavy atom. The molecule has 2 nitrogen and oxygen atoms in total. The van der Waals surface area contributed by atoms with E-state index < -0.39 is 6.10 Å². The number of fused-ring (bicyclic) bond motifs is 1. The number of rotatable bonds is 1. The van der Waals surface area contributed by atoms with Crippen molar-refractivity contribution < 1.29 is 10.2 Å². The molecule has 1 aliphatic carbocycles. The van der Waals surface area contributed by atoms with Gasteiger partial charge in [-0.25, -0.2) is 0 Å². The summed E-state index contributed by atoms with van der Waals surface area (Å²) in [6.45, 7) is 11.0. The third kappa shape index (κ3) is 3.50. The molecule has 0 unspecified atom stereocenters. The molecule has 0 saturated carbocycles. The summed E-state index contributed by atoms with van der Waals surface area (Å²) in [5.74, 6) is 6.11. The topological polar surface area (TPSA) is 40.5 Å². The zero-order chi connectivity index (χ0) is 19.1. The van der Waals surface area contributed by atoms with Crippen LogP contribution in [-0.2, 0) is 10.8 Å². The largest absolute Gasteiger partial charge is 0.508 e. The summed E-state index contributed by atoms with van der Waals surface area (Å²) in [5, 5.41) is 20.4. The second-order valence-electron chi connectivity index (χ2n) is 8.75. The van der Waals surface area contributed by atoms with Crippen molar-refractivity contribution in [2.45, 2.75) is 64.4 Å². The van der Waals surface area contributed by atoms with E-state index in [4.69, 9.17) is 0 Å². The third-order valence-electron chi connectivity index (χ3n) is 5.75. The highest BCUT2D eigenvalue weighted by Crippen LogP contribution is 2.46. The van der Waals surface area contributed by atoms with Crippen molar-refractivity contribution in [3.8, 4) is 17.6 Å². The number of hydrogen-bond acceptors (Lipinski definition) is 2. The maximum atomic E-state index is 10.6. The lowest BCUT2D eigenvalue weighted by Crippen LogP contribution is -2.34. The summed E-state index contributed by atoms with van der Waals surface area (Å²) in [6, 6.07) is 11.6. The fraction of sp³-hybridized carbons (Fsp3) is 0.417. The van der Waals surface area contributed by atoms with Gasteiger partial charge in [0.05, 0.1) is 0 Å². The van der Waals surface area contributed by atoms with E-state index in [0.29, 0.717) is 5.56 Å². The van der Waals surface area contributed by atoms with Crippen LogP contribution in [0.15, 0.2) is 36.4 Å². The van der Waals surface area contributed by atoms with Crippen molar-refractivity contribution >= 4 is 0 Å². The summed E-state index contributed by atoms with van der Waals surface area (Å²) >= 11 is 0. The molecule has 1 atom stereocenters. The van der Waals surface area contributed by atoms with Crippen LogP contribution in [0.3, 0.4) is 0 Å². The van der Waals surface area contributed by atoms with Gasteiger partial charge in [0, 0.05) is 5.56 Å². The van der Waals surface area contributed by atoms with E-state index in [1.165, 1.54) is 17.5 Å². The summed E-state index contributed by atoms with van der Waals surface area (Å²) in [6.07, 6.45) is 1.47. The van der Waals surface area contributed by atoms with Crippen LogP contribution in [0.2, 0.25) is 0 Å². The van der Waals surface area contributed by atoms with E-state index in [0.717, 1.165) is 17.5 Å². The lowest BCUT2D eigenvalue weighted by atomic mass is 9.63. The first-order valence-corrected chi connectivity index (χ1v) is 9.24. The molecule has 2 aromatic carbocycles. The Hall–Kier alpha value is -2.24. The van der Waals surface area contributed by atoms with Gasteiger partial charge in [0.25, 0.3) is 0 Å². The van der Waals surface area contributed by atoms with Crippen molar-refractivity contribution in [1.29, 1.82) is 0 Å². The number of benzene rings is 2. The predicted octanol–water partition coefficient (Wildman–Crippen LogP) is 5.13. The first kappa shape index (κ1) is 18.5. The summed E-state index contributed by atoms with van der Waals surface area (Å²) in [7, 11) is 0. The van der Waals surface area contributed by atoms with Crippen LogP contribution in [0, 0.1) is 18.8 Å². The van der Waals surface area contributed by atoms with E-state index in [2.05, 4.69) is 51.7 Å². The molecule has 0 saturated heterocycles. The molecule has 0 spiro atoms. The van der Waals surface area contributed by atoms with Gasteiger partial charge in [-0.1, -0.05) is 63.8 Å². The SMILES string of the molecule is Cc1ccc(C#C[C@@H](O)c2ccc3c(c2)C(C)(C)CCC3(C)C)cc1O.